The van der Waals surface area contributed by atoms with Crippen LogP contribution in [0.4, 0.5) is 17.1 Å². The molecule has 0 spiro atoms. The zero-order valence-electron chi connectivity index (χ0n) is 34.4. The first-order valence-electron chi connectivity index (χ1n) is 20.4. The van der Waals surface area contributed by atoms with Crippen molar-refractivity contribution in [3.05, 3.63) is 194 Å². The van der Waals surface area contributed by atoms with Crippen LogP contribution in [0, 0.1) is 0 Å². The Hall–Kier alpha value is -6.38. The number of anilines is 3. The van der Waals surface area contributed by atoms with Crippen LogP contribution in [0.5, 0.6) is 0 Å². The van der Waals surface area contributed by atoms with Crippen molar-refractivity contribution in [2.45, 2.75) is 55.4 Å². The minimum absolute atomic E-state index is 1.13. The Bertz CT molecular complexity index is 2520. The average Bonchev–Trinajstić information content (AvgIpc) is 3.64. The summed E-state index contributed by atoms with van der Waals surface area (Å²) in [5.41, 5.74) is 11.9. The van der Waals surface area contributed by atoms with Gasteiger partial charge >= 0.3 is 0 Å². The van der Waals surface area contributed by atoms with E-state index in [2.05, 4.69) is 204 Å². The van der Waals surface area contributed by atoms with Crippen LogP contribution >= 0.6 is 0 Å². The van der Waals surface area contributed by atoms with Gasteiger partial charge in [0.25, 0.3) is 0 Å². The van der Waals surface area contributed by atoms with Crippen LogP contribution in [-0.4, -0.2) is 4.57 Å². The molecule has 9 aromatic rings. The van der Waals surface area contributed by atoms with Gasteiger partial charge in [0.1, 0.15) is 0 Å². The third-order valence-corrected chi connectivity index (χ3v) is 9.39. The van der Waals surface area contributed by atoms with Crippen LogP contribution in [0.25, 0.3) is 60.5 Å². The molecule has 0 N–H and O–H groups in total. The van der Waals surface area contributed by atoms with Gasteiger partial charge in [-0.3, -0.25) is 0 Å². The van der Waals surface area contributed by atoms with Crippen molar-refractivity contribution in [1.82, 2.24) is 4.57 Å². The largest absolute Gasteiger partial charge is 0.310 e. The molecule has 9 rings (SSSR count). The highest BCUT2D eigenvalue weighted by molar-refractivity contribution is 6.10. The van der Waals surface area contributed by atoms with Crippen molar-refractivity contribution in [1.29, 1.82) is 0 Å². The summed E-state index contributed by atoms with van der Waals surface area (Å²) < 4.78 is 2.36. The van der Waals surface area contributed by atoms with Gasteiger partial charge in [-0.25, -0.2) is 0 Å². The Morgan fingerprint density at radius 2 is 0.768 bits per heavy atom. The van der Waals surface area contributed by atoms with Crippen molar-refractivity contribution < 1.29 is 0 Å². The number of para-hydroxylation sites is 3. The summed E-state index contributed by atoms with van der Waals surface area (Å²) >= 11 is 0. The molecule has 0 unspecified atom stereocenters. The fourth-order valence-electron chi connectivity index (χ4n) is 7.07. The van der Waals surface area contributed by atoms with E-state index in [9.17, 15) is 0 Å². The molecule has 0 saturated heterocycles. The Morgan fingerprint density at radius 1 is 0.321 bits per heavy atom. The lowest BCUT2D eigenvalue weighted by Gasteiger charge is -2.27. The van der Waals surface area contributed by atoms with Crippen molar-refractivity contribution >= 4 is 49.6 Å². The maximum atomic E-state index is 2.36. The molecule has 0 saturated carbocycles. The monoisotopic (exact) mass is 732 g/mol. The molecule has 282 valence electrons. The standard InChI is InChI=1S/C46H32N2.4C2H6/c1-3-14-38(15-4-1)47(44-21-11-13-36-12-7-8-18-41(36)44)40-29-26-34(27-30-40)33-22-24-35(25-23-33)37-28-31-46-43(32-37)42-19-9-10-20-45(42)48(46)39-16-5-2-6-17-39;4*1-2/h1-32H;4*1-2H3. The zero-order valence-corrected chi connectivity index (χ0v) is 34.4. The van der Waals surface area contributed by atoms with E-state index in [0.29, 0.717) is 0 Å². The van der Waals surface area contributed by atoms with Gasteiger partial charge in [-0.05, 0) is 88.3 Å². The number of benzene rings is 8. The summed E-state index contributed by atoms with van der Waals surface area (Å²) in [6, 6.07) is 69.8. The Labute approximate surface area is 335 Å². The molecule has 0 atom stereocenters. The van der Waals surface area contributed by atoms with E-state index in [1.54, 1.807) is 0 Å². The molecule has 0 amide bonds. The van der Waals surface area contributed by atoms with Gasteiger partial charge in [0.05, 0.1) is 16.7 Å². The number of nitrogens with zero attached hydrogens (tertiary/aromatic N) is 2. The second kappa shape index (κ2) is 20.3. The minimum Gasteiger partial charge on any atom is -0.310 e. The lowest BCUT2D eigenvalue weighted by atomic mass is 9.98. The second-order valence-corrected chi connectivity index (χ2v) is 12.2. The van der Waals surface area contributed by atoms with Crippen LogP contribution in [0.1, 0.15) is 55.4 Å². The third kappa shape index (κ3) is 8.46. The number of hydrogen-bond donors (Lipinski definition) is 0. The van der Waals surface area contributed by atoms with E-state index < -0.39 is 0 Å². The molecule has 0 bridgehead atoms. The van der Waals surface area contributed by atoms with Crippen LogP contribution in [0.15, 0.2) is 194 Å². The summed E-state index contributed by atoms with van der Waals surface area (Å²) in [5.74, 6) is 0. The Morgan fingerprint density at radius 3 is 1.41 bits per heavy atom. The lowest BCUT2D eigenvalue weighted by molar-refractivity contribution is 1.18. The molecule has 0 aliphatic carbocycles. The molecular formula is C54H56N2. The summed E-state index contributed by atoms with van der Waals surface area (Å²) in [6.45, 7) is 16.0. The van der Waals surface area contributed by atoms with Crippen molar-refractivity contribution in [2.24, 2.45) is 0 Å². The summed E-state index contributed by atoms with van der Waals surface area (Å²) in [4.78, 5) is 2.35. The molecule has 0 aliphatic rings. The first kappa shape index (κ1) is 40.8. The fourth-order valence-corrected chi connectivity index (χ4v) is 7.07. The van der Waals surface area contributed by atoms with Crippen LogP contribution in [0.3, 0.4) is 0 Å². The highest BCUT2D eigenvalue weighted by Crippen LogP contribution is 2.40. The van der Waals surface area contributed by atoms with Gasteiger partial charge in [0, 0.05) is 33.2 Å². The quantitative estimate of drug-likeness (QED) is 0.165. The zero-order chi connectivity index (χ0) is 39.9. The fraction of sp³-hybridized carbons (Fsp3) is 0.148. The third-order valence-electron chi connectivity index (χ3n) is 9.39. The highest BCUT2D eigenvalue weighted by atomic mass is 15.1. The maximum Gasteiger partial charge on any atom is 0.0541 e. The molecular weight excluding hydrogens is 677 g/mol. The summed E-state index contributed by atoms with van der Waals surface area (Å²) in [6.07, 6.45) is 0. The van der Waals surface area contributed by atoms with Gasteiger partial charge in [0.15, 0.2) is 0 Å². The van der Waals surface area contributed by atoms with E-state index in [-0.39, 0.29) is 0 Å². The van der Waals surface area contributed by atoms with Crippen molar-refractivity contribution in [2.75, 3.05) is 4.90 Å². The normalized spacial score (nSPS) is 10.1. The second-order valence-electron chi connectivity index (χ2n) is 12.2. The molecule has 1 heterocycles. The van der Waals surface area contributed by atoms with E-state index in [0.717, 1.165) is 11.4 Å². The lowest BCUT2D eigenvalue weighted by Crippen LogP contribution is -2.10. The van der Waals surface area contributed by atoms with Gasteiger partial charge in [0.2, 0.25) is 0 Å². The van der Waals surface area contributed by atoms with Crippen LogP contribution in [0.2, 0.25) is 0 Å². The van der Waals surface area contributed by atoms with Gasteiger partial charge < -0.3 is 9.47 Å². The first-order valence-corrected chi connectivity index (χ1v) is 20.4. The summed E-state index contributed by atoms with van der Waals surface area (Å²) in [7, 11) is 0. The van der Waals surface area contributed by atoms with Crippen LogP contribution < -0.4 is 4.90 Å². The molecule has 8 aromatic carbocycles. The number of aromatic nitrogens is 1. The van der Waals surface area contributed by atoms with E-state index >= 15 is 0 Å². The molecule has 2 heteroatoms. The highest BCUT2D eigenvalue weighted by Gasteiger charge is 2.16. The maximum absolute atomic E-state index is 2.36. The smallest absolute Gasteiger partial charge is 0.0541 e. The topological polar surface area (TPSA) is 8.17 Å². The SMILES string of the molecule is CC.CC.CC.CC.c1ccc(N(c2ccc(-c3ccc(-c4ccc5c(c4)c4ccccc4n5-c4ccccc4)cc3)cc2)c2cccc3ccccc23)cc1. The molecule has 1 aromatic heterocycles. The van der Waals surface area contributed by atoms with Gasteiger partial charge in [-0.2, -0.15) is 0 Å². The average molecular weight is 733 g/mol. The number of hydrogen-bond acceptors (Lipinski definition) is 1. The number of rotatable bonds is 6. The molecule has 2 nitrogen and oxygen atoms in total. The Kier molecular flexibility index (Phi) is 14.8. The predicted octanol–water partition coefficient (Wildman–Crippen LogP) is 16.8. The van der Waals surface area contributed by atoms with Crippen molar-refractivity contribution in [3.8, 4) is 27.9 Å². The van der Waals surface area contributed by atoms with E-state index in [1.165, 1.54) is 66.2 Å². The van der Waals surface area contributed by atoms with Crippen molar-refractivity contribution in [3.63, 3.8) is 0 Å². The first-order chi connectivity index (χ1) is 27.8. The van der Waals surface area contributed by atoms with Crippen LogP contribution in [-0.2, 0) is 0 Å². The predicted molar refractivity (Wildman–Crippen MR) is 249 cm³/mol. The van der Waals surface area contributed by atoms with Gasteiger partial charge in [-0.1, -0.05) is 189 Å². The molecule has 0 aliphatic heterocycles. The van der Waals surface area contributed by atoms with Gasteiger partial charge in [-0.15, -0.1) is 0 Å². The Balaban J connectivity index is 0.000000707. The molecule has 56 heavy (non-hydrogen) atoms. The minimum atomic E-state index is 1.13. The number of fused-ring (bicyclic) bond motifs is 4. The van der Waals surface area contributed by atoms with E-state index in [1.807, 2.05) is 55.4 Å². The van der Waals surface area contributed by atoms with E-state index in [4.69, 9.17) is 0 Å². The summed E-state index contributed by atoms with van der Waals surface area (Å²) in [5, 5.41) is 4.99. The molecule has 0 radical (unpaired) electrons. The molecule has 0 fully saturated rings.